The highest BCUT2D eigenvalue weighted by Gasteiger charge is 2.15. The highest BCUT2D eigenvalue weighted by molar-refractivity contribution is 5.93. The van der Waals surface area contributed by atoms with E-state index >= 15 is 0 Å². The van der Waals surface area contributed by atoms with Crippen molar-refractivity contribution in [2.75, 3.05) is 6.61 Å². The highest BCUT2D eigenvalue weighted by Crippen LogP contribution is 2.01. The first-order valence-corrected chi connectivity index (χ1v) is 5.16. The average Bonchev–Trinajstić information content (AvgIpc) is 2.58. The van der Waals surface area contributed by atoms with Gasteiger partial charge in [0.1, 0.15) is 5.70 Å². The van der Waals surface area contributed by atoms with E-state index < -0.39 is 12.0 Å². The number of hydrogen-bond acceptors (Lipinski definition) is 4. The zero-order valence-electron chi connectivity index (χ0n) is 10.1. The van der Waals surface area contributed by atoms with Crippen LogP contribution in [0.4, 0.5) is 4.79 Å². The molecule has 1 N–H and O–H groups in total. The van der Waals surface area contributed by atoms with Crippen LogP contribution < -0.4 is 5.32 Å². The van der Waals surface area contributed by atoms with E-state index in [1.807, 2.05) is 0 Å². The van der Waals surface area contributed by atoms with Gasteiger partial charge in [0.05, 0.1) is 12.3 Å². The fourth-order valence-electron chi connectivity index (χ4n) is 1.29. The van der Waals surface area contributed by atoms with Crippen molar-refractivity contribution >= 4 is 12.0 Å². The zero-order chi connectivity index (χ0) is 13.0. The molecule has 0 radical (unpaired) electrons. The molecule has 0 aliphatic rings. The molecule has 0 aliphatic carbocycles. The Hall–Kier alpha value is -2.11. The molecule has 1 heterocycles. The molecule has 17 heavy (non-hydrogen) atoms. The Kier molecular flexibility index (Phi) is 4.03. The van der Waals surface area contributed by atoms with E-state index in [9.17, 15) is 9.59 Å². The van der Waals surface area contributed by atoms with Gasteiger partial charge in [0, 0.05) is 5.69 Å². The molecule has 0 bridgehead atoms. The van der Waals surface area contributed by atoms with Crippen LogP contribution in [-0.2, 0) is 9.53 Å². The highest BCUT2D eigenvalue weighted by atomic mass is 16.5. The molecule has 1 aromatic rings. The summed E-state index contributed by atoms with van der Waals surface area (Å²) in [6, 6.07) is 1.22. The second-order valence-corrected chi connectivity index (χ2v) is 3.47. The average molecular weight is 237 g/mol. The number of nitrogens with one attached hydrogen (secondary N) is 1. The van der Waals surface area contributed by atoms with E-state index in [2.05, 4.69) is 17.0 Å². The second-order valence-electron chi connectivity index (χ2n) is 3.47. The number of hydrogen-bond donors (Lipinski definition) is 1. The molecule has 0 aliphatic heterocycles. The van der Waals surface area contributed by atoms with E-state index in [0.29, 0.717) is 5.69 Å². The van der Waals surface area contributed by atoms with Gasteiger partial charge < -0.3 is 10.1 Å². The number of carbonyl (C=O) groups is 2. The lowest BCUT2D eigenvalue weighted by Crippen LogP contribution is -2.32. The summed E-state index contributed by atoms with van der Waals surface area (Å²) in [5.74, 6) is -0.651. The van der Waals surface area contributed by atoms with Gasteiger partial charge in [-0.2, -0.15) is 9.78 Å². The summed E-state index contributed by atoms with van der Waals surface area (Å²) >= 11 is 0. The Labute approximate surface area is 99.3 Å². The predicted molar refractivity (Wildman–Crippen MR) is 61.4 cm³/mol. The first-order chi connectivity index (χ1) is 7.95. The molecule has 1 amide bonds. The van der Waals surface area contributed by atoms with Crippen LogP contribution in [0.25, 0.3) is 0 Å². The number of amides is 1. The number of aromatic nitrogens is 2. The summed E-state index contributed by atoms with van der Waals surface area (Å²) < 4.78 is 5.86. The standard InChI is InChI=1S/C11H15N3O3/c1-5-17-10(15)9(4)12-11(16)14-8(3)6-7(2)13-14/h6H,4-5H2,1-3H3,(H,12,16). The topological polar surface area (TPSA) is 73.2 Å². The van der Waals surface area contributed by atoms with Crippen LogP contribution in [0.5, 0.6) is 0 Å². The van der Waals surface area contributed by atoms with Crippen molar-refractivity contribution in [2.45, 2.75) is 20.8 Å². The van der Waals surface area contributed by atoms with E-state index in [4.69, 9.17) is 4.74 Å². The van der Waals surface area contributed by atoms with Gasteiger partial charge in [0.25, 0.3) is 0 Å². The summed E-state index contributed by atoms with van der Waals surface area (Å²) in [5.41, 5.74) is 1.29. The number of aryl methyl sites for hydroxylation is 2. The van der Waals surface area contributed by atoms with E-state index in [-0.39, 0.29) is 12.3 Å². The van der Waals surface area contributed by atoms with Crippen LogP contribution in [0.15, 0.2) is 18.3 Å². The van der Waals surface area contributed by atoms with Crippen molar-refractivity contribution in [1.29, 1.82) is 0 Å². The molecule has 0 fully saturated rings. The first-order valence-electron chi connectivity index (χ1n) is 5.16. The molecule has 0 saturated heterocycles. The second kappa shape index (κ2) is 5.29. The Morgan fingerprint density at radius 3 is 2.65 bits per heavy atom. The van der Waals surface area contributed by atoms with Crippen LogP contribution in [0, 0.1) is 13.8 Å². The van der Waals surface area contributed by atoms with Gasteiger partial charge in [-0.05, 0) is 26.8 Å². The number of carbonyl (C=O) groups excluding carboxylic acids is 2. The van der Waals surface area contributed by atoms with Crippen LogP contribution in [0.1, 0.15) is 18.3 Å². The smallest absolute Gasteiger partial charge is 0.354 e. The maximum Gasteiger partial charge on any atom is 0.354 e. The minimum atomic E-state index is -0.651. The molecule has 0 saturated carbocycles. The van der Waals surface area contributed by atoms with E-state index in [1.165, 1.54) is 4.68 Å². The third-order valence-electron chi connectivity index (χ3n) is 1.98. The lowest BCUT2D eigenvalue weighted by molar-refractivity contribution is -0.138. The van der Waals surface area contributed by atoms with Crippen molar-refractivity contribution in [3.8, 4) is 0 Å². The quantitative estimate of drug-likeness (QED) is 0.632. The van der Waals surface area contributed by atoms with Crippen molar-refractivity contribution in [2.24, 2.45) is 0 Å². The molecule has 0 unspecified atom stereocenters. The van der Waals surface area contributed by atoms with Gasteiger partial charge in [-0.15, -0.1) is 0 Å². The zero-order valence-corrected chi connectivity index (χ0v) is 10.1. The van der Waals surface area contributed by atoms with Gasteiger partial charge in [-0.3, -0.25) is 0 Å². The summed E-state index contributed by atoms with van der Waals surface area (Å²) in [7, 11) is 0. The van der Waals surface area contributed by atoms with Gasteiger partial charge in [-0.1, -0.05) is 6.58 Å². The largest absolute Gasteiger partial charge is 0.461 e. The molecule has 6 nitrogen and oxygen atoms in total. The molecule has 0 atom stereocenters. The molecule has 0 spiro atoms. The maximum atomic E-state index is 11.7. The molecule has 92 valence electrons. The van der Waals surface area contributed by atoms with Gasteiger partial charge >= 0.3 is 12.0 Å². The lowest BCUT2D eigenvalue weighted by atomic mass is 10.4. The molecule has 0 aromatic carbocycles. The number of nitrogens with zero attached hydrogens (tertiary/aromatic N) is 2. The van der Waals surface area contributed by atoms with Crippen LogP contribution >= 0.6 is 0 Å². The Bertz CT molecular complexity index is 463. The Morgan fingerprint density at radius 2 is 2.18 bits per heavy atom. The normalized spacial score (nSPS) is 9.82. The minimum Gasteiger partial charge on any atom is -0.461 e. The van der Waals surface area contributed by atoms with Gasteiger partial charge in [0.15, 0.2) is 0 Å². The monoisotopic (exact) mass is 237 g/mol. The fourth-order valence-corrected chi connectivity index (χ4v) is 1.29. The third kappa shape index (κ3) is 3.17. The van der Waals surface area contributed by atoms with E-state index in [1.54, 1.807) is 26.8 Å². The number of rotatable bonds is 3. The summed E-state index contributed by atoms with van der Waals surface area (Å²) in [4.78, 5) is 23.0. The van der Waals surface area contributed by atoms with Crippen molar-refractivity contribution < 1.29 is 14.3 Å². The summed E-state index contributed by atoms with van der Waals surface area (Å²) in [6.45, 7) is 8.85. The van der Waals surface area contributed by atoms with E-state index in [0.717, 1.165) is 5.69 Å². The fraction of sp³-hybridized carbons (Fsp3) is 0.364. The maximum absolute atomic E-state index is 11.7. The molecular weight excluding hydrogens is 222 g/mol. The van der Waals surface area contributed by atoms with Crippen molar-refractivity contribution in [3.63, 3.8) is 0 Å². The van der Waals surface area contributed by atoms with Gasteiger partial charge in [-0.25, -0.2) is 9.59 Å². The van der Waals surface area contributed by atoms with Crippen molar-refractivity contribution in [3.05, 3.63) is 29.7 Å². The Balaban J connectivity index is 2.70. The van der Waals surface area contributed by atoms with Crippen LogP contribution in [0.3, 0.4) is 0 Å². The summed E-state index contributed by atoms with van der Waals surface area (Å²) in [5, 5.41) is 6.31. The third-order valence-corrected chi connectivity index (χ3v) is 1.98. The van der Waals surface area contributed by atoms with Crippen molar-refractivity contribution in [1.82, 2.24) is 15.1 Å². The van der Waals surface area contributed by atoms with Gasteiger partial charge in [0.2, 0.25) is 0 Å². The predicted octanol–water partition coefficient (Wildman–Crippen LogP) is 1.13. The molecule has 1 rings (SSSR count). The first kappa shape index (κ1) is 13.0. The van der Waals surface area contributed by atoms with Crippen LogP contribution in [0.2, 0.25) is 0 Å². The number of ether oxygens (including phenoxy) is 1. The summed E-state index contributed by atoms with van der Waals surface area (Å²) in [6.07, 6.45) is 0. The molecule has 1 aromatic heterocycles. The Morgan fingerprint density at radius 1 is 1.53 bits per heavy atom. The molecule has 6 heteroatoms. The SMILES string of the molecule is C=C(NC(=O)n1nc(C)cc1C)C(=O)OCC. The lowest BCUT2D eigenvalue weighted by Gasteiger charge is -2.07. The number of esters is 1. The molecular formula is C11H15N3O3. The minimum absolute atomic E-state index is 0.107. The van der Waals surface area contributed by atoms with Crippen LogP contribution in [-0.4, -0.2) is 28.4 Å².